The molecule has 0 radical (unpaired) electrons. The van der Waals surface area contributed by atoms with Gasteiger partial charge in [-0.1, -0.05) is 0 Å². The van der Waals surface area contributed by atoms with Gasteiger partial charge in [-0.15, -0.1) is 50.3 Å². The van der Waals surface area contributed by atoms with E-state index in [0.717, 1.165) is 141 Å². The molecule has 100 heavy (non-hydrogen) atoms. The van der Waals surface area contributed by atoms with Gasteiger partial charge in [-0.25, -0.2) is 18.3 Å². The number of hydrogen-bond donors (Lipinski definition) is 1. The Morgan fingerprint density at radius 3 is 1.64 bits per heavy atom. The summed E-state index contributed by atoms with van der Waals surface area (Å²) in [6.07, 6.45) is 10.5. The van der Waals surface area contributed by atoms with Gasteiger partial charge in [0.05, 0.1) is 68.5 Å². The van der Waals surface area contributed by atoms with Crippen molar-refractivity contribution in [2.75, 3.05) is 82.0 Å². The number of piperidine rings is 1. The van der Waals surface area contributed by atoms with E-state index in [2.05, 4.69) is 59.4 Å². The maximum atomic E-state index is 17.3. The summed E-state index contributed by atoms with van der Waals surface area (Å²) in [5.74, 6) is -1.01. The number of benzene rings is 2. The fourth-order valence-corrected chi connectivity index (χ4v) is 17.5. The molecule has 9 aliphatic rings. The van der Waals surface area contributed by atoms with Gasteiger partial charge >= 0.3 is 30.8 Å². The number of nitrogens with one attached hydrogen (secondary N) is 1. The first kappa shape index (κ1) is 68.3. The van der Waals surface area contributed by atoms with Crippen LogP contribution in [-0.2, 0) is 9.47 Å². The highest BCUT2D eigenvalue weighted by molar-refractivity contribution is 14.0. The molecule has 0 spiro atoms. The van der Waals surface area contributed by atoms with E-state index < -0.39 is 47.7 Å². The number of aromatic nitrogens is 10. The number of carbonyl (C=O) groups is 1. The highest BCUT2D eigenvalue weighted by Gasteiger charge is 2.49. The molecule has 31 heteroatoms. The third-order valence-electron chi connectivity index (χ3n) is 21.8. The lowest BCUT2D eigenvalue weighted by Crippen LogP contribution is -2.57. The number of alkyl halides is 6. The monoisotopic (exact) mass is 1510 g/mol. The zero-order valence-corrected chi connectivity index (χ0v) is 58.0. The van der Waals surface area contributed by atoms with E-state index in [-0.39, 0.29) is 115 Å². The van der Waals surface area contributed by atoms with Gasteiger partial charge in [-0.2, -0.15) is 30.1 Å². The van der Waals surface area contributed by atoms with Crippen LogP contribution in [0.25, 0.3) is 66.1 Å². The van der Waals surface area contributed by atoms with Gasteiger partial charge in [-0.05, 0) is 186 Å². The molecule has 8 saturated heterocycles. The summed E-state index contributed by atoms with van der Waals surface area (Å²) in [6.45, 7) is 13.2. The topological polar surface area (TPSA) is 212 Å². The Labute approximate surface area is 587 Å². The van der Waals surface area contributed by atoms with E-state index in [4.69, 9.17) is 28.9 Å². The first-order valence-electron chi connectivity index (χ1n) is 34.6. The second-order valence-corrected chi connectivity index (χ2v) is 29.2. The average molecular weight is 1510 g/mol. The van der Waals surface area contributed by atoms with Crippen LogP contribution in [0.5, 0.6) is 23.5 Å². The van der Waals surface area contributed by atoms with Crippen LogP contribution >= 0.6 is 24.0 Å². The maximum absolute atomic E-state index is 17.3. The number of carbonyl (C=O) groups excluding carboxylic acids is 1. The lowest BCUT2D eigenvalue weighted by molar-refractivity contribution is -0.275. The molecule has 1 saturated carbocycles. The Morgan fingerprint density at radius 1 is 0.610 bits per heavy atom. The second kappa shape index (κ2) is 26.4. The number of amides is 1. The van der Waals surface area contributed by atoms with E-state index in [0.29, 0.717) is 79.2 Å². The first-order valence-corrected chi connectivity index (χ1v) is 34.6. The number of H-pyrrole nitrogens is 1. The molecule has 1 aliphatic carbocycles. The number of hydrogen-bond acceptors (Lipinski definition) is 19. The van der Waals surface area contributed by atoms with Crippen LogP contribution in [-0.4, -0.2) is 184 Å². The number of anilines is 2. The van der Waals surface area contributed by atoms with Gasteiger partial charge < -0.3 is 38.2 Å². The molecule has 22 nitrogen and oxygen atoms in total. The number of aromatic amines is 1. The largest absolute Gasteiger partial charge is 0.573 e. The molecule has 9 fully saturated rings. The van der Waals surface area contributed by atoms with Crippen LogP contribution in [0, 0.1) is 23.5 Å². The van der Waals surface area contributed by atoms with Crippen molar-refractivity contribution in [2.45, 2.75) is 171 Å². The SMILES string of the molecule is CC(C)(C)OC(=O)N1C2CCC1CN(c1nc(OCC34CCCN3CCC4)nc3c(F)c(-c4c(OC(F)(F)F)ccc5c4cnn5C4CCCCO4)ncc13)C2.Fc1c(-c2c(OC(F)(F)F)ccc3[nH]ncc23)ncc2c(N3CC4CCC(C4)C3)nc(OCC34CCCN3CCC4)nc12.I. The molecule has 5 atom stereocenters. The number of fused-ring (bicyclic) bond motifs is 10. The molecule has 2 aromatic carbocycles. The molecule has 4 bridgehead atoms. The highest BCUT2D eigenvalue weighted by Crippen LogP contribution is 2.48. The zero-order valence-electron chi connectivity index (χ0n) is 55.6. The van der Waals surface area contributed by atoms with Crippen LogP contribution in [0.2, 0.25) is 0 Å². The average Bonchev–Trinajstić information content (AvgIpc) is 1.13. The summed E-state index contributed by atoms with van der Waals surface area (Å²) in [4.78, 5) is 51.9. The van der Waals surface area contributed by atoms with Crippen molar-refractivity contribution in [1.29, 1.82) is 0 Å². The van der Waals surface area contributed by atoms with Crippen LogP contribution in [0.4, 0.5) is 51.6 Å². The van der Waals surface area contributed by atoms with Crippen LogP contribution in [0.3, 0.4) is 0 Å². The minimum Gasteiger partial charge on any atom is -0.461 e. The molecule has 14 heterocycles. The number of halogens is 9. The summed E-state index contributed by atoms with van der Waals surface area (Å²) in [7, 11) is 0. The predicted molar refractivity (Wildman–Crippen MR) is 363 cm³/mol. The molecule has 1 amide bonds. The molecular weight excluding hydrogens is 1430 g/mol. The van der Waals surface area contributed by atoms with E-state index in [1.54, 1.807) is 9.58 Å². The normalized spacial score (nSPS) is 23.5. The van der Waals surface area contributed by atoms with Crippen molar-refractivity contribution >= 4 is 85.3 Å². The molecule has 1 N–H and O–H groups in total. The highest BCUT2D eigenvalue weighted by atomic mass is 127. The van der Waals surface area contributed by atoms with Gasteiger partial charge in [0.1, 0.15) is 64.4 Å². The van der Waals surface area contributed by atoms with Crippen LogP contribution in [0.1, 0.15) is 130 Å². The summed E-state index contributed by atoms with van der Waals surface area (Å²) in [6, 6.07) is 4.84. The number of nitrogens with zero attached hydrogens (tertiary/aromatic N) is 14. The molecular formula is C69H78F8IN15O7. The van der Waals surface area contributed by atoms with Gasteiger partial charge in [0.25, 0.3) is 0 Å². The van der Waals surface area contributed by atoms with Crippen molar-refractivity contribution in [2.24, 2.45) is 11.8 Å². The summed E-state index contributed by atoms with van der Waals surface area (Å²) < 4.78 is 151. The number of ether oxygens (including phenoxy) is 6. The molecule has 5 unspecified atom stereocenters. The number of rotatable bonds is 13. The standard InChI is InChI=1S/C39H46F4N8O5.C30H31F4N7O2.HI/c1-37(2,3)56-36(52)50-23-9-10-24(50)21-48(20-23)34-26-18-44-33(31(40)32(26)46-35(47-34)54-22-38-13-6-15-49(38)16-7-14-38)30-25-19-45-51(29-8-4-5-17-53-29)27(25)11-12-28(30)55-39(41,42)43;31-24-25-20(12-35-26(24)23-19-13-36-39-21(19)5-6-22(23)43-30(32,33)34)27(40-14-17-3-4-18(11-17)15-40)38-28(37-25)42-16-29-7-1-9-41(29)10-2-8-29;/h11-12,18-19,23-24,29H,4-10,13-17,20-22H2,1-3H3;5-6,12-13,17-18H,1-4,7-11,14-16H2,(H,36,39);1H. The molecule has 17 rings (SSSR count). The van der Waals surface area contributed by atoms with Crippen molar-refractivity contribution in [1.82, 2.24) is 64.6 Å². The van der Waals surface area contributed by atoms with Crippen molar-refractivity contribution in [3.8, 4) is 46.0 Å². The van der Waals surface area contributed by atoms with E-state index >= 15 is 8.78 Å². The molecule has 6 aromatic heterocycles. The molecule has 8 aromatic rings. The van der Waals surface area contributed by atoms with Gasteiger partial charge in [-0.3, -0.25) is 29.8 Å². The fourth-order valence-electron chi connectivity index (χ4n) is 17.5. The summed E-state index contributed by atoms with van der Waals surface area (Å²) >= 11 is 0. The lowest BCUT2D eigenvalue weighted by atomic mass is 9.95. The van der Waals surface area contributed by atoms with Gasteiger partial charge in [0.2, 0.25) is 0 Å². The Hall–Kier alpha value is -7.52. The number of pyridine rings is 2. The number of piperazine rings is 1. The second-order valence-electron chi connectivity index (χ2n) is 29.2. The summed E-state index contributed by atoms with van der Waals surface area (Å²) in [5, 5.41) is 12.3. The zero-order chi connectivity index (χ0) is 68.3. The predicted octanol–water partition coefficient (Wildman–Crippen LogP) is 13.8. The van der Waals surface area contributed by atoms with E-state index in [9.17, 15) is 31.1 Å². The van der Waals surface area contributed by atoms with E-state index in [1.807, 2.05) is 25.7 Å². The fraction of sp³-hybridized carbons (Fsp3) is 0.580. The van der Waals surface area contributed by atoms with Crippen molar-refractivity contribution in [3.63, 3.8) is 0 Å². The third kappa shape index (κ3) is 13.0. The molecule has 534 valence electrons. The Bertz CT molecular complexity index is 4370. The van der Waals surface area contributed by atoms with Crippen LogP contribution < -0.4 is 28.7 Å². The Morgan fingerprint density at radius 2 is 1.13 bits per heavy atom. The van der Waals surface area contributed by atoms with Gasteiger partial charge in [0.15, 0.2) is 17.9 Å². The van der Waals surface area contributed by atoms with Crippen molar-refractivity contribution < 1.29 is 68.3 Å². The maximum Gasteiger partial charge on any atom is 0.573 e. The lowest BCUT2D eigenvalue weighted by Gasteiger charge is -2.42. The van der Waals surface area contributed by atoms with Crippen molar-refractivity contribution in [3.05, 3.63) is 60.7 Å². The smallest absolute Gasteiger partial charge is 0.461 e. The minimum absolute atomic E-state index is 0. The Kier molecular flexibility index (Phi) is 18.0. The third-order valence-corrected chi connectivity index (χ3v) is 21.8. The summed E-state index contributed by atoms with van der Waals surface area (Å²) in [5.41, 5.74) is -1.27. The van der Waals surface area contributed by atoms with Crippen LogP contribution in [0.15, 0.2) is 49.1 Å². The van der Waals surface area contributed by atoms with E-state index in [1.165, 1.54) is 43.3 Å². The first-order chi connectivity index (χ1) is 47.5. The van der Waals surface area contributed by atoms with Gasteiger partial charge in [0, 0.05) is 56.0 Å². The molecule has 8 aliphatic heterocycles. The quantitative estimate of drug-likeness (QED) is 0.0839. The Balaban J connectivity index is 0.000000166. The minimum atomic E-state index is -5.07.